The average molecular weight is 370 g/mol. The molecule has 1 aliphatic rings. The molecule has 0 spiro atoms. The van der Waals surface area contributed by atoms with Gasteiger partial charge in [-0.25, -0.2) is 9.78 Å². The summed E-state index contributed by atoms with van der Waals surface area (Å²) in [6.07, 6.45) is 4.83. The number of hydrogen-bond donors (Lipinski definition) is 1. The number of rotatable bonds is 3. The van der Waals surface area contributed by atoms with Crippen LogP contribution in [0.15, 0.2) is 22.8 Å². The van der Waals surface area contributed by atoms with Gasteiger partial charge in [-0.3, -0.25) is 0 Å². The number of pyridine rings is 1. The minimum atomic E-state index is -0.469. The molecule has 1 aliphatic heterocycles. The lowest BCUT2D eigenvalue weighted by atomic mass is 10.0. The third-order valence-electron chi connectivity index (χ3n) is 3.51. The van der Waals surface area contributed by atoms with E-state index in [1.165, 1.54) is 6.42 Å². The summed E-state index contributed by atoms with van der Waals surface area (Å²) in [6.45, 7) is 7.14. The predicted molar refractivity (Wildman–Crippen MR) is 91.2 cm³/mol. The SMILES string of the molecule is CC(C)(C)OC(=O)NC[C@@H]1CCCCN1c1ccc(Br)cn1. The van der Waals surface area contributed by atoms with Crippen molar-refractivity contribution in [2.45, 2.75) is 51.7 Å². The van der Waals surface area contributed by atoms with Gasteiger partial charge in [-0.05, 0) is 68.1 Å². The molecule has 0 unspecified atom stereocenters. The molecular weight excluding hydrogens is 346 g/mol. The highest BCUT2D eigenvalue weighted by molar-refractivity contribution is 9.10. The Bertz CT molecular complexity index is 499. The Kier molecular flexibility index (Phi) is 5.67. The second-order valence-corrected chi connectivity index (χ2v) is 7.48. The van der Waals surface area contributed by atoms with Gasteiger partial charge in [0.2, 0.25) is 0 Å². The Morgan fingerprint density at radius 3 is 2.86 bits per heavy atom. The molecule has 1 N–H and O–H groups in total. The highest BCUT2D eigenvalue weighted by Crippen LogP contribution is 2.23. The number of amides is 1. The van der Waals surface area contributed by atoms with Crippen LogP contribution in [0.1, 0.15) is 40.0 Å². The molecule has 6 heteroatoms. The molecule has 2 rings (SSSR count). The number of carbonyl (C=O) groups is 1. The number of carbonyl (C=O) groups excluding carboxylic acids is 1. The number of anilines is 1. The van der Waals surface area contributed by atoms with Crippen LogP contribution in [-0.2, 0) is 4.74 Å². The van der Waals surface area contributed by atoms with Gasteiger partial charge in [0.25, 0.3) is 0 Å². The van der Waals surface area contributed by atoms with E-state index in [2.05, 4.69) is 31.1 Å². The van der Waals surface area contributed by atoms with Crippen molar-refractivity contribution in [3.63, 3.8) is 0 Å². The van der Waals surface area contributed by atoms with Crippen molar-refractivity contribution in [1.29, 1.82) is 0 Å². The number of aromatic nitrogens is 1. The topological polar surface area (TPSA) is 54.5 Å². The number of alkyl carbamates (subject to hydrolysis) is 1. The van der Waals surface area contributed by atoms with Crippen molar-refractivity contribution in [1.82, 2.24) is 10.3 Å². The monoisotopic (exact) mass is 369 g/mol. The fourth-order valence-corrected chi connectivity index (χ4v) is 2.80. The molecule has 0 radical (unpaired) electrons. The fraction of sp³-hybridized carbons (Fsp3) is 0.625. The molecule has 2 heterocycles. The summed E-state index contributed by atoms with van der Waals surface area (Å²) in [4.78, 5) is 18.6. The van der Waals surface area contributed by atoms with Crippen LogP contribution in [0.3, 0.4) is 0 Å². The first kappa shape index (κ1) is 17.1. The molecule has 122 valence electrons. The van der Waals surface area contributed by atoms with Gasteiger partial charge in [0.1, 0.15) is 11.4 Å². The average Bonchev–Trinajstić information content (AvgIpc) is 2.45. The first-order valence-corrected chi connectivity index (χ1v) is 8.49. The quantitative estimate of drug-likeness (QED) is 0.881. The summed E-state index contributed by atoms with van der Waals surface area (Å²) in [5.41, 5.74) is -0.469. The lowest BCUT2D eigenvalue weighted by Gasteiger charge is -2.36. The molecule has 22 heavy (non-hydrogen) atoms. The zero-order chi connectivity index (χ0) is 16.2. The summed E-state index contributed by atoms with van der Waals surface area (Å²) < 4.78 is 6.26. The number of piperidine rings is 1. The number of nitrogens with one attached hydrogen (secondary N) is 1. The van der Waals surface area contributed by atoms with Gasteiger partial charge in [-0.1, -0.05) is 0 Å². The molecule has 1 atom stereocenters. The van der Waals surface area contributed by atoms with E-state index in [1.807, 2.05) is 39.1 Å². The van der Waals surface area contributed by atoms with Crippen molar-refractivity contribution in [3.05, 3.63) is 22.8 Å². The Morgan fingerprint density at radius 1 is 1.45 bits per heavy atom. The third kappa shape index (κ3) is 5.16. The maximum atomic E-state index is 11.8. The third-order valence-corrected chi connectivity index (χ3v) is 3.98. The zero-order valence-corrected chi connectivity index (χ0v) is 15.0. The summed E-state index contributed by atoms with van der Waals surface area (Å²) in [7, 11) is 0. The van der Waals surface area contributed by atoms with Crippen LogP contribution in [-0.4, -0.2) is 35.8 Å². The highest BCUT2D eigenvalue weighted by atomic mass is 79.9. The van der Waals surface area contributed by atoms with Crippen molar-refractivity contribution in [2.75, 3.05) is 18.0 Å². The molecule has 1 aromatic heterocycles. The number of nitrogens with zero attached hydrogens (tertiary/aromatic N) is 2. The highest BCUT2D eigenvalue weighted by Gasteiger charge is 2.25. The molecule has 1 saturated heterocycles. The molecular formula is C16H24BrN3O2. The Morgan fingerprint density at radius 2 is 2.23 bits per heavy atom. The maximum Gasteiger partial charge on any atom is 0.407 e. The van der Waals surface area contributed by atoms with E-state index in [0.717, 1.165) is 29.7 Å². The molecule has 0 aromatic carbocycles. The molecule has 1 amide bonds. The van der Waals surface area contributed by atoms with E-state index in [0.29, 0.717) is 6.54 Å². The number of halogens is 1. The van der Waals surface area contributed by atoms with Crippen LogP contribution in [0.2, 0.25) is 0 Å². The first-order chi connectivity index (χ1) is 10.3. The molecule has 1 fully saturated rings. The molecule has 1 aromatic rings. The fourth-order valence-electron chi connectivity index (χ4n) is 2.57. The van der Waals surface area contributed by atoms with E-state index < -0.39 is 5.60 Å². The minimum Gasteiger partial charge on any atom is -0.444 e. The first-order valence-electron chi connectivity index (χ1n) is 7.70. The van der Waals surface area contributed by atoms with Crippen molar-refractivity contribution in [2.24, 2.45) is 0 Å². The van der Waals surface area contributed by atoms with Crippen molar-refractivity contribution >= 4 is 27.8 Å². The second-order valence-electron chi connectivity index (χ2n) is 6.56. The van der Waals surface area contributed by atoms with Crippen LogP contribution in [0.25, 0.3) is 0 Å². The van der Waals surface area contributed by atoms with Gasteiger partial charge >= 0.3 is 6.09 Å². The number of ether oxygens (including phenoxy) is 1. The van der Waals surface area contributed by atoms with Crippen LogP contribution in [0.4, 0.5) is 10.6 Å². The zero-order valence-electron chi connectivity index (χ0n) is 13.4. The van der Waals surface area contributed by atoms with Gasteiger partial charge in [-0.15, -0.1) is 0 Å². The Labute approximate surface area is 140 Å². The summed E-state index contributed by atoms with van der Waals surface area (Å²) in [5, 5.41) is 2.88. The maximum absolute atomic E-state index is 11.8. The molecule has 0 aliphatic carbocycles. The van der Waals surface area contributed by atoms with Gasteiger partial charge in [-0.2, -0.15) is 0 Å². The van der Waals surface area contributed by atoms with E-state index in [4.69, 9.17) is 4.74 Å². The molecule has 0 bridgehead atoms. The minimum absolute atomic E-state index is 0.259. The van der Waals surface area contributed by atoms with Gasteiger partial charge < -0.3 is 15.0 Å². The summed E-state index contributed by atoms with van der Waals surface area (Å²) >= 11 is 3.41. The Hall–Kier alpha value is -1.30. The van der Waals surface area contributed by atoms with Crippen LogP contribution in [0, 0.1) is 0 Å². The van der Waals surface area contributed by atoms with Gasteiger partial charge in [0.15, 0.2) is 0 Å². The molecule has 5 nitrogen and oxygen atoms in total. The van der Waals surface area contributed by atoms with Crippen LogP contribution in [0.5, 0.6) is 0 Å². The van der Waals surface area contributed by atoms with Crippen molar-refractivity contribution in [3.8, 4) is 0 Å². The van der Waals surface area contributed by atoms with E-state index in [-0.39, 0.29) is 12.1 Å². The predicted octanol–water partition coefficient (Wildman–Crippen LogP) is 3.73. The van der Waals surface area contributed by atoms with Crippen LogP contribution < -0.4 is 10.2 Å². The van der Waals surface area contributed by atoms with E-state index in [9.17, 15) is 4.79 Å². The van der Waals surface area contributed by atoms with E-state index >= 15 is 0 Å². The summed E-state index contributed by atoms with van der Waals surface area (Å²) in [5.74, 6) is 0.957. The standard InChI is InChI=1S/C16H24BrN3O2/c1-16(2,3)22-15(21)19-11-13-6-4-5-9-20(13)14-8-7-12(17)10-18-14/h7-8,10,13H,4-6,9,11H2,1-3H3,(H,19,21)/t13-/m0/s1. The smallest absolute Gasteiger partial charge is 0.407 e. The Balaban J connectivity index is 1.95. The van der Waals surface area contributed by atoms with E-state index in [1.54, 1.807) is 0 Å². The van der Waals surface area contributed by atoms with Gasteiger partial charge in [0.05, 0.1) is 0 Å². The lowest BCUT2D eigenvalue weighted by molar-refractivity contribution is 0.0523. The van der Waals surface area contributed by atoms with Crippen LogP contribution >= 0.6 is 15.9 Å². The second kappa shape index (κ2) is 7.31. The van der Waals surface area contributed by atoms with Crippen molar-refractivity contribution < 1.29 is 9.53 Å². The van der Waals surface area contributed by atoms with Gasteiger partial charge in [0, 0.05) is 29.8 Å². The largest absolute Gasteiger partial charge is 0.444 e. The normalized spacial score (nSPS) is 18.9. The lowest BCUT2D eigenvalue weighted by Crippen LogP contribution is -2.48. The molecule has 0 saturated carbocycles. The number of hydrogen-bond acceptors (Lipinski definition) is 4. The summed E-state index contributed by atoms with van der Waals surface area (Å²) in [6, 6.07) is 4.26.